The van der Waals surface area contributed by atoms with Crippen molar-refractivity contribution in [1.82, 2.24) is 10.0 Å². The third-order valence-corrected chi connectivity index (χ3v) is 11.8. The van der Waals surface area contributed by atoms with E-state index in [9.17, 15) is 18.0 Å². The Kier molecular flexibility index (Phi) is 4.57. The molecule has 1 aromatic heterocycles. The SMILES string of the molecule is Cn1cc(-c2cccc(C(F)(F)F)c2)c2c(c1=O)C=C1C(=N)NOS12(=O)C1CCSCC1. The number of benzene rings is 1. The molecule has 3 aliphatic rings. The van der Waals surface area contributed by atoms with E-state index in [1.54, 1.807) is 11.8 Å². The Labute approximate surface area is 185 Å². The summed E-state index contributed by atoms with van der Waals surface area (Å²) in [5, 5.41) is 7.80. The van der Waals surface area contributed by atoms with E-state index in [0.29, 0.717) is 12.8 Å². The average Bonchev–Trinajstić information content (AvgIpc) is 3.21. The van der Waals surface area contributed by atoms with Gasteiger partial charge < -0.3 is 4.57 Å². The fraction of sp³-hybridized carbons (Fsp3) is 0.333. The van der Waals surface area contributed by atoms with Crippen LogP contribution in [0.1, 0.15) is 24.0 Å². The minimum atomic E-state index is -4.56. The number of rotatable bonds is 2. The number of nitrogens with zero attached hydrogens (tertiary/aromatic N) is 1. The number of pyridine rings is 1. The number of aryl methyl sites for hydroxylation is 1. The number of aromatic nitrogens is 1. The smallest absolute Gasteiger partial charge is 0.317 e. The highest BCUT2D eigenvalue weighted by Gasteiger charge is 2.58. The summed E-state index contributed by atoms with van der Waals surface area (Å²) in [6.45, 7) is 0. The van der Waals surface area contributed by atoms with Gasteiger partial charge in [0.05, 0.1) is 21.3 Å². The zero-order chi connectivity index (χ0) is 22.9. The molecule has 0 amide bonds. The van der Waals surface area contributed by atoms with Gasteiger partial charge in [-0.2, -0.15) is 33.4 Å². The second-order valence-electron chi connectivity index (χ2n) is 8.09. The summed E-state index contributed by atoms with van der Waals surface area (Å²) in [4.78, 5) is 13.3. The Hall–Kier alpha value is -2.37. The van der Waals surface area contributed by atoms with Crippen LogP contribution in [0, 0.1) is 5.41 Å². The number of halogens is 3. The van der Waals surface area contributed by atoms with Crippen molar-refractivity contribution >= 4 is 33.0 Å². The molecule has 0 atom stereocenters. The van der Waals surface area contributed by atoms with Gasteiger partial charge in [0.2, 0.25) is 0 Å². The van der Waals surface area contributed by atoms with E-state index in [2.05, 4.69) is 5.48 Å². The molecule has 3 aliphatic heterocycles. The first-order valence-corrected chi connectivity index (χ1v) is 13.1. The Morgan fingerprint density at radius 1 is 1.28 bits per heavy atom. The molecule has 1 aromatic carbocycles. The van der Waals surface area contributed by atoms with Gasteiger partial charge >= 0.3 is 6.18 Å². The molecule has 0 bridgehead atoms. The zero-order valence-electron chi connectivity index (χ0n) is 17.0. The largest absolute Gasteiger partial charge is 0.416 e. The maximum absolute atomic E-state index is 15.2. The molecular formula is C21H20F3N3O3S2. The third-order valence-electron chi connectivity index (χ3n) is 6.27. The lowest BCUT2D eigenvalue weighted by molar-refractivity contribution is -0.137. The first-order valence-electron chi connectivity index (χ1n) is 9.96. The monoisotopic (exact) mass is 483 g/mol. The Morgan fingerprint density at radius 3 is 2.69 bits per heavy atom. The first-order chi connectivity index (χ1) is 15.0. The van der Waals surface area contributed by atoms with Gasteiger partial charge in [-0.3, -0.25) is 10.2 Å². The third kappa shape index (κ3) is 2.74. The number of hydroxylamine groups is 1. The summed E-state index contributed by atoms with van der Waals surface area (Å²) >= 11 is 1.72. The summed E-state index contributed by atoms with van der Waals surface area (Å²) in [5.74, 6) is 1.29. The molecule has 0 saturated carbocycles. The minimum absolute atomic E-state index is 0.103. The van der Waals surface area contributed by atoms with E-state index in [4.69, 9.17) is 9.69 Å². The second kappa shape index (κ2) is 6.82. The molecule has 0 aliphatic carbocycles. The van der Waals surface area contributed by atoms with E-state index >= 15 is 4.21 Å². The molecule has 32 heavy (non-hydrogen) atoms. The number of fused-ring (bicyclic) bond motifs is 3. The van der Waals surface area contributed by atoms with Crippen LogP contribution in [0.15, 0.2) is 45.1 Å². The van der Waals surface area contributed by atoms with Crippen LogP contribution in [0.2, 0.25) is 0 Å². The zero-order valence-corrected chi connectivity index (χ0v) is 18.6. The predicted molar refractivity (Wildman–Crippen MR) is 119 cm³/mol. The van der Waals surface area contributed by atoms with Crippen molar-refractivity contribution in [3.8, 4) is 11.1 Å². The van der Waals surface area contributed by atoms with Crippen molar-refractivity contribution in [2.45, 2.75) is 29.2 Å². The van der Waals surface area contributed by atoms with Crippen molar-refractivity contribution < 1.29 is 21.7 Å². The first kappa shape index (κ1) is 21.5. The highest BCUT2D eigenvalue weighted by atomic mass is 32.3. The van der Waals surface area contributed by atoms with Gasteiger partial charge in [-0.15, -0.1) is 9.35 Å². The van der Waals surface area contributed by atoms with Gasteiger partial charge in [0.1, 0.15) is 4.91 Å². The molecule has 0 spiro atoms. The standard InChI is InChI=1S/C21H20F3N3O3S2/c1-27-11-16(12-3-2-4-13(9-12)21(22,23)24)18-15(20(27)28)10-17-19(25)26-30-32(17,18,29)14-5-7-31-8-6-14/h2-4,9-11,14H,5-8H2,1H3,(H2,25,26). The normalized spacial score (nSPS) is 22.9. The lowest BCUT2D eigenvalue weighted by Crippen LogP contribution is -2.47. The van der Waals surface area contributed by atoms with E-state index in [1.807, 2.05) is 0 Å². The number of hydrogen-bond donors (Lipinski definition) is 2. The highest BCUT2D eigenvalue weighted by molar-refractivity contribution is 8.21. The van der Waals surface area contributed by atoms with E-state index < -0.39 is 31.9 Å². The highest BCUT2D eigenvalue weighted by Crippen LogP contribution is 2.60. The Morgan fingerprint density at radius 2 is 2.00 bits per heavy atom. The molecule has 0 unspecified atom stereocenters. The fourth-order valence-corrected chi connectivity index (χ4v) is 10.6. The molecule has 2 saturated heterocycles. The summed E-state index contributed by atoms with van der Waals surface area (Å²) < 4.78 is 62.6. The summed E-state index contributed by atoms with van der Waals surface area (Å²) in [5.41, 5.74) is 1.70. The van der Waals surface area contributed by atoms with Crippen molar-refractivity contribution in [2.24, 2.45) is 7.05 Å². The van der Waals surface area contributed by atoms with Crippen LogP contribution in [0.25, 0.3) is 17.2 Å². The van der Waals surface area contributed by atoms with Crippen molar-refractivity contribution in [3.63, 3.8) is 0 Å². The number of thioether (sulfide) groups is 1. The van der Waals surface area contributed by atoms with Crippen LogP contribution in [-0.4, -0.2) is 31.4 Å². The molecule has 2 aromatic rings. The number of hydrogen-bond acceptors (Lipinski definition) is 5. The topological polar surface area (TPSA) is 84.2 Å². The van der Waals surface area contributed by atoms with E-state index in [1.165, 1.54) is 36.0 Å². The molecule has 6 nitrogen and oxygen atoms in total. The van der Waals surface area contributed by atoms with Gasteiger partial charge in [-0.1, -0.05) is 12.1 Å². The van der Waals surface area contributed by atoms with Gasteiger partial charge in [-0.25, -0.2) is 5.48 Å². The Bertz CT molecular complexity index is 1330. The Balaban J connectivity index is 1.86. The van der Waals surface area contributed by atoms with Crippen LogP contribution in [0.5, 0.6) is 0 Å². The molecule has 2 N–H and O–H groups in total. The van der Waals surface area contributed by atoms with Gasteiger partial charge in [0.15, 0.2) is 5.84 Å². The number of amidine groups is 1. The van der Waals surface area contributed by atoms with Gasteiger partial charge in [0.25, 0.3) is 5.56 Å². The molecule has 2 fully saturated rings. The molecule has 0 radical (unpaired) electrons. The van der Waals surface area contributed by atoms with Crippen LogP contribution in [0.4, 0.5) is 13.2 Å². The maximum atomic E-state index is 15.2. The van der Waals surface area contributed by atoms with Crippen molar-refractivity contribution in [1.29, 1.82) is 5.41 Å². The van der Waals surface area contributed by atoms with Crippen LogP contribution in [-0.2, 0) is 26.9 Å². The maximum Gasteiger partial charge on any atom is 0.416 e. The summed E-state index contributed by atoms with van der Waals surface area (Å²) in [7, 11) is -2.94. The predicted octanol–water partition coefficient (Wildman–Crippen LogP) is 3.93. The fourth-order valence-electron chi connectivity index (χ4n) is 4.75. The lowest BCUT2D eigenvalue weighted by atomic mass is 10.0. The van der Waals surface area contributed by atoms with Gasteiger partial charge in [0, 0.05) is 18.8 Å². The average molecular weight is 484 g/mol. The van der Waals surface area contributed by atoms with Crippen LogP contribution < -0.4 is 11.0 Å². The minimum Gasteiger partial charge on any atom is -0.317 e. The summed E-state index contributed by atoms with van der Waals surface area (Å²) in [6.07, 6.45) is -0.637. The second-order valence-corrected chi connectivity index (χ2v) is 12.9. The van der Waals surface area contributed by atoms with Crippen molar-refractivity contribution in [2.75, 3.05) is 11.5 Å². The molecular weight excluding hydrogens is 463 g/mol. The molecule has 5 rings (SSSR count). The number of nitrogens with one attached hydrogen (secondary N) is 2. The lowest BCUT2D eigenvalue weighted by Gasteiger charge is -2.49. The van der Waals surface area contributed by atoms with Gasteiger partial charge in [-0.05, 0) is 48.1 Å². The van der Waals surface area contributed by atoms with Crippen LogP contribution >= 0.6 is 11.8 Å². The van der Waals surface area contributed by atoms with Crippen molar-refractivity contribution in [3.05, 3.63) is 56.8 Å². The quantitative estimate of drug-likeness (QED) is 0.676. The van der Waals surface area contributed by atoms with Crippen LogP contribution in [0.3, 0.4) is 0 Å². The van der Waals surface area contributed by atoms with E-state index in [-0.39, 0.29) is 32.3 Å². The number of alkyl halides is 3. The molecule has 170 valence electrons. The summed E-state index contributed by atoms with van der Waals surface area (Å²) in [6, 6.07) is 4.74. The molecule has 4 heterocycles. The molecule has 11 heteroatoms. The van der Waals surface area contributed by atoms with E-state index in [0.717, 1.165) is 23.6 Å².